The minimum absolute atomic E-state index is 0.222. The molecule has 0 saturated heterocycles. The fourth-order valence-electron chi connectivity index (χ4n) is 0.808. The Hall–Kier alpha value is -1.79. The molecule has 1 heterocycles. The second kappa shape index (κ2) is 5.05. The normalized spacial score (nSPS) is 9.57. The number of aromatic nitrogens is 3. The third-order valence-corrected chi connectivity index (χ3v) is 1.31. The van der Waals surface area contributed by atoms with Crippen LogP contribution in [0.5, 0.6) is 6.01 Å². The molecular formula is C7H13N5O2. The highest BCUT2D eigenvalue weighted by Gasteiger charge is 2.05. The first-order chi connectivity index (χ1) is 6.76. The molecule has 0 unspecified atom stereocenters. The standard InChI is InChI=1S/C7H13N5O2/c1-3-8-6(13)9-5-10-7(12-11-5)14-4-2/h3-4H2,1-2H3,(H3,8,9,10,11,12,13). The van der Waals surface area contributed by atoms with Crippen molar-refractivity contribution in [2.75, 3.05) is 18.5 Å². The van der Waals surface area contributed by atoms with E-state index in [1.165, 1.54) is 0 Å². The van der Waals surface area contributed by atoms with E-state index in [2.05, 4.69) is 25.8 Å². The third-order valence-electron chi connectivity index (χ3n) is 1.31. The maximum absolute atomic E-state index is 11.0. The van der Waals surface area contributed by atoms with E-state index in [-0.39, 0.29) is 18.0 Å². The van der Waals surface area contributed by atoms with E-state index in [0.29, 0.717) is 13.2 Å². The Kier molecular flexibility index (Phi) is 3.71. The summed E-state index contributed by atoms with van der Waals surface area (Å²) in [6, 6.07) is -0.106. The van der Waals surface area contributed by atoms with Gasteiger partial charge < -0.3 is 10.1 Å². The number of nitrogens with zero attached hydrogens (tertiary/aromatic N) is 2. The second-order valence-electron chi connectivity index (χ2n) is 2.38. The van der Waals surface area contributed by atoms with E-state index in [1.54, 1.807) is 0 Å². The lowest BCUT2D eigenvalue weighted by molar-refractivity contribution is 0.252. The van der Waals surface area contributed by atoms with Gasteiger partial charge in [-0.25, -0.2) is 9.89 Å². The van der Waals surface area contributed by atoms with Crippen LogP contribution >= 0.6 is 0 Å². The number of anilines is 1. The number of rotatable bonds is 4. The van der Waals surface area contributed by atoms with Crippen LogP contribution in [-0.2, 0) is 0 Å². The lowest BCUT2D eigenvalue weighted by Crippen LogP contribution is -2.28. The van der Waals surface area contributed by atoms with Crippen molar-refractivity contribution in [1.29, 1.82) is 0 Å². The van der Waals surface area contributed by atoms with E-state index in [4.69, 9.17) is 4.74 Å². The van der Waals surface area contributed by atoms with Crippen LogP contribution in [0, 0.1) is 0 Å². The first kappa shape index (κ1) is 10.3. The van der Waals surface area contributed by atoms with Gasteiger partial charge in [0.05, 0.1) is 6.61 Å². The highest BCUT2D eigenvalue weighted by atomic mass is 16.5. The van der Waals surface area contributed by atoms with Crippen molar-refractivity contribution in [1.82, 2.24) is 20.5 Å². The Morgan fingerprint density at radius 3 is 3.00 bits per heavy atom. The predicted octanol–water partition coefficient (Wildman–Crippen LogP) is 0.345. The van der Waals surface area contributed by atoms with Crippen molar-refractivity contribution in [3.05, 3.63) is 0 Å². The fourth-order valence-corrected chi connectivity index (χ4v) is 0.808. The van der Waals surface area contributed by atoms with Crippen LogP contribution in [0.2, 0.25) is 0 Å². The molecule has 7 nitrogen and oxygen atoms in total. The molecule has 0 saturated carbocycles. The number of nitrogens with one attached hydrogen (secondary N) is 3. The van der Waals surface area contributed by atoms with Gasteiger partial charge in [0.2, 0.25) is 5.95 Å². The molecule has 0 radical (unpaired) electrons. The number of amides is 2. The number of hydrogen-bond acceptors (Lipinski definition) is 4. The molecule has 7 heteroatoms. The van der Waals surface area contributed by atoms with Gasteiger partial charge in [-0.15, -0.1) is 5.10 Å². The first-order valence-corrected chi connectivity index (χ1v) is 4.36. The number of aromatic amines is 1. The first-order valence-electron chi connectivity index (χ1n) is 4.36. The maximum Gasteiger partial charge on any atom is 0.337 e. The molecule has 0 aromatic carbocycles. The minimum atomic E-state index is -0.327. The maximum atomic E-state index is 11.0. The molecule has 0 spiro atoms. The zero-order valence-electron chi connectivity index (χ0n) is 8.13. The van der Waals surface area contributed by atoms with Crippen LogP contribution < -0.4 is 15.4 Å². The Labute approximate surface area is 81.2 Å². The van der Waals surface area contributed by atoms with Crippen molar-refractivity contribution in [3.63, 3.8) is 0 Å². The van der Waals surface area contributed by atoms with Crippen molar-refractivity contribution < 1.29 is 9.53 Å². The van der Waals surface area contributed by atoms with E-state index in [9.17, 15) is 4.79 Å². The van der Waals surface area contributed by atoms with Crippen LogP contribution in [-0.4, -0.2) is 34.4 Å². The summed E-state index contributed by atoms with van der Waals surface area (Å²) in [4.78, 5) is 14.9. The molecule has 1 aromatic rings. The third kappa shape index (κ3) is 2.92. The number of hydrogen-bond donors (Lipinski definition) is 3. The molecule has 0 atom stereocenters. The van der Waals surface area contributed by atoms with Crippen LogP contribution in [0.15, 0.2) is 0 Å². The second-order valence-corrected chi connectivity index (χ2v) is 2.38. The van der Waals surface area contributed by atoms with Crippen molar-refractivity contribution in [3.8, 4) is 6.01 Å². The van der Waals surface area contributed by atoms with Crippen LogP contribution in [0.1, 0.15) is 13.8 Å². The Morgan fingerprint density at radius 2 is 2.36 bits per heavy atom. The van der Waals surface area contributed by atoms with Gasteiger partial charge in [-0.05, 0) is 13.8 Å². The van der Waals surface area contributed by atoms with Gasteiger partial charge in [-0.1, -0.05) is 0 Å². The molecule has 14 heavy (non-hydrogen) atoms. The highest BCUT2D eigenvalue weighted by molar-refractivity contribution is 5.87. The molecular weight excluding hydrogens is 186 g/mol. The van der Waals surface area contributed by atoms with Gasteiger partial charge in [0.25, 0.3) is 0 Å². The number of carbonyl (C=O) groups is 1. The van der Waals surface area contributed by atoms with E-state index in [0.717, 1.165) is 0 Å². The summed E-state index contributed by atoms with van der Waals surface area (Å²) in [5, 5.41) is 11.3. The average Bonchev–Trinajstić information content (AvgIpc) is 2.53. The summed E-state index contributed by atoms with van der Waals surface area (Å²) >= 11 is 0. The number of H-pyrrole nitrogens is 1. The fraction of sp³-hybridized carbons (Fsp3) is 0.571. The summed E-state index contributed by atoms with van der Waals surface area (Å²) in [5.74, 6) is 0.263. The van der Waals surface area contributed by atoms with E-state index in [1.807, 2.05) is 13.8 Å². The van der Waals surface area contributed by atoms with Gasteiger partial charge in [-0.3, -0.25) is 5.32 Å². The monoisotopic (exact) mass is 199 g/mol. The minimum Gasteiger partial charge on any atom is -0.463 e. The summed E-state index contributed by atoms with van der Waals surface area (Å²) < 4.78 is 5.00. The molecule has 0 aliphatic heterocycles. The predicted molar refractivity (Wildman–Crippen MR) is 50.2 cm³/mol. The topological polar surface area (TPSA) is 91.9 Å². The average molecular weight is 199 g/mol. The summed E-state index contributed by atoms with van der Waals surface area (Å²) in [6.07, 6.45) is 0. The van der Waals surface area contributed by atoms with Crippen LogP contribution in [0.25, 0.3) is 0 Å². The Bertz CT molecular complexity index is 298. The Morgan fingerprint density at radius 1 is 1.57 bits per heavy atom. The molecule has 0 fully saturated rings. The summed E-state index contributed by atoms with van der Waals surface area (Å²) in [7, 11) is 0. The lowest BCUT2D eigenvalue weighted by atomic mass is 10.7. The molecule has 78 valence electrons. The molecule has 0 aliphatic carbocycles. The van der Waals surface area contributed by atoms with E-state index >= 15 is 0 Å². The van der Waals surface area contributed by atoms with Gasteiger partial charge >= 0.3 is 12.0 Å². The summed E-state index contributed by atoms with van der Waals surface area (Å²) in [6.45, 7) is 4.69. The van der Waals surface area contributed by atoms with Gasteiger partial charge in [0.15, 0.2) is 0 Å². The van der Waals surface area contributed by atoms with Crippen molar-refractivity contribution in [2.24, 2.45) is 0 Å². The van der Waals surface area contributed by atoms with Gasteiger partial charge in [0, 0.05) is 6.54 Å². The highest BCUT2D eigenvalue weighted by Crippen LogP contribution is 2.04. The SMILES string of the molecule is CCNC(=O)Nc1nc(OCC)n[nH]1. The number of carbonyl (C=O) groups excluding carboxylic acids is 1. The Balaban J connectivity index is 2.46. The van der Waals surface area contributed by atoms with Crippen LogP contribution in [0.4, 0.5) is 10.7 Å². The number of ether oxygens (including phenoxy) is 1. The molecule has 1 rings (SSSR count). The zero-order chi connectivity index (χ0) is 10.4. The summed E-state index contributed by atoms with van der Waals surface area (Å²) in [5.41, 5.74) is 0. The quantitative estimate of drug-likeness (QED) is 0.652. The molecule has 3 N–H and O–H groups in total. The van der Waals surface area contributed by atoms with Gasteiger partial charge in [0.1, 0.15) is 0 Å². The molecule has 0 bridgehead atoms. The van der Waals surface area contributed by atoms with Crippen molar-refractivity contribution in [2.45, 2.75) is 13.8 Å². The smallest absolute Gasteiger partial charge is 0.337 e. The zero-order valence-corrected chi connectivity index (χ0v) is 8.13. The van der Waals surface area contributed by atoms with E-state index < -0.39 is 0 Å². The molecule has 2 amide bonds. The van der Waals surface area contributed by atoms with Gasteiger partial charge in [-0.2, -0.15) is 4.98 Å². The molecule has 0 aliphatic rings. The lowest BCUT2D eigenvalue weighted by Gasteiger charge is -2.00. The molecule has 1 aromatic heterocycles. The number of urea groups is 1. The van der Waals surface area contributed by atoms with Crippen molar-refractivity contribution >= 4 is 12.0 Å². The largest absolute Gasteiger partial charge is 0.463 e. The van der Waals surface area contributed by atoms with Crippen LogP contribution in [0.3, 0.4) is 0 Å².